The Morgan fingerprint density at radius 1 is 0.821 bits per heavy atom. The highest BCUT2D eigenvalue weighted by Gasteiger charge is 2.56. The lowest BCUT2D eigenvalue weighted by atomic mass is 9.82. The summed E-state index contributed by atoms with van der Waals surface area (Å²) in [4.78, 5) is 25.8. The molecule has 0 aliphatic carbocycles. The third-order valence-corrected chi connectivity index (χ3v) is 5.00. The molecular formula is C22H16ClN3O2. The van der Waals surface area contributed by atoms with E-state index in [9.17, 15) is 9.59 Å². The van der Waals surface area contributed by atoms with Gasteiger partial charge in [-0.1, -0.05) is 90.5 Å². The topological polar surface area (TPSA) is 61.8 Å². The highest BCUT2D eigenvalue weighted by molar-refractivity contribution is 6.33. The molecule has 4 rings (SSSR count). The van der Waals surface area contributed by atoms with E-state index in [2.05, 4.69) is 10.4 Å². The van der Waals surface area contributed by atoms with Gasteiger partial charge >= 0.3 is 6.03 Å². The number of rotatable bonds is 4. The summed E-state index contributed by atoms with van der Waals surface area (Å²) >= 11 is 6.20. The zero-order valence-corrected chi connectivity index (χ0v) is 15.5. The van der Waals surface area contributed by atoms with E-state index in [4.69, 9.17) is 11.6 Å². The van der Waals surface area contributed by atoms with Gasteiger partial charge in [0.25, 0.3) is 5.91 Å². The number of imide groups is 1. The van der Waals surface area contributed by atoms with Crippen LogP contribution in [0.1, 0.15) is 16.7 Å². The third-order valence-electron chi connectivity index (χ3n) is 4.66. The SMILES string of the molecule is O=C1NC(=O)C(c2ccccc2)(c2ccccc2)N1N=Cc1ccccc1Cl. The summed E-state index contributed by atoms with van der Waals surface area (Å²) in [5.41, 5.74) is 0.519. The van der Waals surface area contributed by atoms with Gasteiger partial charge in [-0.25, -0.2) is 4.79 Å². The normalized spacial score (nSPS) is 15.8. The average Bonchev–Trinajstić information content (AvgIpc) is 2.99. The first-order valence-corrected chi connectivity index (χ1v) is 9.07. The minimum Gasteiger partial charge on any atom is -0.274 e. The molecule has 1 aliphatic heterocycles. The van der Waals surface area contributed by atoms with E-state index in [-0.39, 0.29) is 0 Å². The number of nitrogens with zero attached hydrogens (tertiary/aromatic N) is 2. The first-order valence-electron chi connectivity index (χ1n) is 8.69. The van der Waals surface area contributed by atoms with Crippen molar-refractivity contribution in [2.24, 2.45) is 5.10 Å². The van der Waals surface area contributed by atoms with E-state index >= 15 is 0 Å². The molecule has 3 aromatic carbocycles. The van der Waals surface area contributed by atoms with Crippen molar-refractivity contribution < 1.29 is 9.59 Å². The molecule has 1 heterocycles. The number of carbonyl (C=O) groups excluding carboxylic acids is 2. The second kappa shape index (κ2) is 7.29. The number of hydrogen-bond acceptors (Lipinski definition) is 3. The van der Waals surface area contributed by atoms with Crippen LogP contribution in [-0.2, 0) is 10.3 Å². The summed E-state index contributed by atoms with van der Waals surface area (Å²) < 4.78 is 0. The van der Waals surface area contributed by atoms with Gasteiger partial charge in [-0.2, -0.15) is 10.1 Å². The van der Waals surface area contributed by atoms with Gasteiger partial charge in [0, 0.05) is 10.6 Å². The fourth-order valence-corrected chi connectivity index (χ4v) is 3.54. The summed E-state index contributed by atoms with van der Waals surface area (Å²) in [5, 5.41) is 8.48. The van der Waals surface area contributed by atoms with Crippen molar-refractivity contribution in [2.45, 2.75) is 5.54 Å². The first-order chi connectivity index (χ1) is 13.6. The Kier molecular flexibility index (Phi) is 4.67. The number of nitrogens with one attached hydrogen (secondary N) is 1. The van der Waals surface area contributed by atoms with Crippen LogP contribution in [0.3, 0.4) is 0 Å². The summed E-state index contributed by atoms with van der Waals surface area (Å²) in [7, 11) is 0. The Morgan fingerprint density at radius 3 is 1.93 bits per heavy atom. The predicted molar refractivity (Wildman–Crippen MR) is 108 cm³/mol. The highest BCUT2D eigenvalue weighted by atomic mass is 35.5. The molecule has 5 nitrogen and oxygen atoms in total. The maximum Gasteiger partial charge on any atom is 0.346 e. The lowest BCUT2D eigenvalue weighted by Crippen LogP contribution is -2.45. The van der Waals surface area contributed by atoms with Crippen LogP contribution < -0.4 is 5.32 Å². The molecule has 1 N–H and O–H groups in total. The van der Waals surface area contributed by atoms with Gasteiger partial charge < -0.3 is 0 Å². The van der Waals surface area contributed by atoms with Crippen LogP contribution in [0.15, 0.2) is 90.0 Å². The largest absolute Gasteiger partial charge is 0.346 e. The molecule has 0 spiro atoms. The lowest BCUT2D eigenvalue weighted by Gasteiger charge is -2.32. The van der Waals surface area contributed by atoms with Crippen molar-refractivity contribution in [2.75, 3.05) is 0 Å². The number of hydrogen-bond donors (Lipinski definition) is 1. The second-order valence-electron chi connectivity index (χ2n) is 6.28. The van der Waals surface area contributed by atoms with Gasteiger partial charge in [0.05, 0.1) is 6.21 Å². The zero-order chi connectivity index (χ0) is 19.6. The molecular weight excluding hydrogens is 374 g/mol. The van der Waals surface area contributed by atoms with Gasteiger partial charge in [-0.05, 0) is 17.2 Å². The molecule has 1 aliphatic rings. The molecule has 0 aromatic heterocycles. The standard InChI is InChI=1S/C22H16ClN3O2/c23-19-14-8-7-9-16(19)15-24-26-21(28)25-20(27)22(26,17-10-3-1-4-11-17)18-12-5-2-6-13-18/h1-15H,(H,25,27,28). The first kappa shape index (κ1) is 17.9. The van der Waals surface area contributed by atoms with Gasteiger partial charge in [0.2, 0.25) is 0 Å². The molecule has 0 saturated carbocycles. The minimum absolute atomic E-state index is 0.453. The molecule has 0 unspecified atom stereocenters. The molecule has 6 heteroatoms. The molecule has 0 bridgehead atoms. The number of hydrazone groups is 1. The Hall–Kier alpha value is -3.44. The Balaban J connectivity index is 1.91. The molecule has 0 atom stereocenters. The van der Waals surface area contributed by atoms with Gasteiger partial charge in [0.1, 0.15) is 0 Å². The Bertz CT molecular complexity index is 1010. The molecule has 1 fully saturated rings. The number of carbonyl (C=O) groups is 2. The molecule has 28 heavy (non-hydrogen) atoms. The lowest BCUT2D eigenvalue weighted by molar-refractivity contribution is -0.125. The number of amides is 3. The minimum atomic E-state index is -1.41. The highest BCUT2D eigenvalue weighted by Crippen LogP contribution is 2.40. The van der Waals surface area contributed by atoms with E-state index in [0.717, 1.165) is 0 Å². The molecule has 0 radical (unpaired) electrons. The number of halogens is 1. The van der Waals surface area contributed by atoms with E-state index in [1.54, 1.807) is 12.1 Å². The van der Waals surface area contributed by atoms with Crippen LogP contribution in [0, 0.1) is 0 Å². The molecule has 3 aromatic rings. The molecule has 1 saturated heterocycles. The summed E-state index contributed by atoms with van der Waals surface area (Å²) in [6.07, 6.45) is 1.49. The van der Waals surface area contributed by atoms with Crippen molar-refractivity contribution in [3.63, 3.8) is 0 Å². The van der Waals surface area contributed by atoms with Crippen LogP contribution in [0.2, 0.25) is 5.02 Å². The summed E-state index contributed by atoms with van der Waals surface area (Å²) in [6, 6.07) is 24.8. The molecule has 138 valence electrons. The second-order valence-corrected chi connectivity index (χ2v) is 6.69. The quantitative estimate of drug-likeness (QED) is 0.537. The predicted octanol–water partition coefficient (Wildman–Crippen LogP) is 4.17. The van der Waals surface area contributed by atoms with Crippen LogP contribution >= 0.6 is 11.6 Å². The van der Waals surface area contributed by atoms with Crippen LogP contribution in [0.5, 0.6) is 0 Å². The summed E-state index contributed by atoms with van der Waals surface area (Å²) in [5.74, 6) is -0.453. The van der Waals surface area contributed by atoms with E-state index in [0.29, 0.717) is 21.7 Å². The van der Waals surface area contributed by atoms with Crippen LogP contribution in [0.4, 0.5) is 4.79 Å². The average molecular weight is 390 g/mol. The number of urea groups is 1. The third kappa shape index (κ3) is 2.86. The van der Waals surface area contributed by atoms with Crippen molar-refractivity contribution in [3.05, 3.63) is 107 Å². The van der Waals surface area contributed by atoms with Crippen LogP contribution in [0.25, 0.3) is 0 Å². The van der Waals surface area contributed by atoms with E-state index in [1.807, 2.05) is 72.8 Å². The van der Waals surface area contributed by atoms with Gasteiger partial charge in [-0.3, -0.25) is 10.1 Å². The Morgan fingerprint density at radius 2 is 1.36 bits per heavy atom. The molecule has 3 amide bonds. The van der Waals surface area contributed by atoms with E-state index < -0.39 is 17.5 Å². The van der Waals surface area contributed by atoms with Crippen molar-refractivity contribution >= 4 is 29.8 Å². The van der Waals surface area contributed by atoms with E-state index in [1.165, 1.54) is 11.2 Å². The maximum absolute atomic E-state index is 13.1. The zero-order valence-electron chi connectivity index (χ0n) is 14.7. The fraction of sp³-hybridized carbons (Fsp3) is 0.0455. The maximum atomic E-state index is 13.1. The monoisotopic (exact) mass is 389 g/mol. The fourth-order valence-electron chi connectivity index (χ4n) is 3.36. The van der Waals surface area contributed by atoms with Crippen LogP contribution in [-0.4, -0.2) is 23.2 Å². The smallest absolute Gasteiger partial charge is 0.274 e. The number of benzene rings is 3. The van der Waals surface area contributed by atoms with Crippen molar-refractivity contribution in [3.8, 4) is 0 Å². The Labute approximate surface area is 167 Å². The van der Waals surface area contributed by atoms with Gasteiger partial charge in [-0.15, -0.1) is 0 Å². The van der Waals surface area contributed by atoms with Crippen molar-refractivity contribution in [1.82, 2.24) is 10.3 Å². The van der Waals surface area contributed by atoms with Gasteiger partial charge in [0.15, 0.2) is 5.54 Å². The van der Waals surface area contributed by atoms with Crippen molar-refractivity contribution in [1.29, 1.82) is 0 Å². The summed E-state index contributed by atoms with van der Waals surface area (Å²) in [6.45, 7) is 0.